The van der Waals surface area contributed by atoms with E-state index in [9.17, 15) is 33.6 Å². The van der Waals surface area contributed by atoms with Gasteiger partial charge in [0.1, 0.15) is 29.2 Å². The fourth-order valence-corrected chi connectivity index (χ4v) is 11.0. The van der Waals surface area contributed by atoms with Gasteiger partial charge >= 0.3 is 0 Å². The lowest BCUT2D eigenvalue weighted by Crippen LogP contribution is -2.47. The van der Waals surface area contributed by atoms with Gasteiger partial charge in [0, 0.05) is 88.7 Å². The van der Waals surface area contributed by atoms with Crippen molar-refractivity contribution >= 4 is 75.3 Å². The second kappa shape index (κ2) is 43.3. The topological polar surface area (TPSA) is 401 Å². The van der Waals surface area contributed by atoms with Gasteiger partial charge in [-0.05, 0) is 82.5 Å². The van der Waals surface area contributed by atoms with Crippen molar-refractivity contribution in [2.75, 3.05) is 202 Å². The van der Waals surface area contributed by atoms with Crippen LogP contribution in [0.1, 0.15) is 78.9 Å². The molecule has 0 atom stereocenters. The van der Waals surface area contributed by atoms with Gasteiger partial charge in [-0.3, -0.25) is 63.4 Å². The van der Waals surface area contributed by atoms with Crippen LogP contribution in [0.2, 0.25) is 0 Å². The number of aromatic amines is 1. The van der Waals surface area contributed by atoms with Gasteiger partial charge in [-0.25, -0.2) is 9.97 Å². The van der Waals surface area contributed by atoms with E-state index in [1.807, 2.05) is 32.9 Å². The molecule has 2 aliphatic heterocycles. The molecule has 4 aromatic heterocycles. The predicted octanol–water partition coefficient (Wildman–Crippen LogP) is 2.06. The summed E-state index contributed by atoms with van der Waals surface area (Å²) in [4.78, 5) is 106. The maximum atomic E-state index is 13.7. The van der Waals surface area contributed by atoms with E-state index in [1.54, 1.807) is 57.3 Å². The van der Waals surface area contributed by atoms with Crippen LogP contribution in [0.4, 0.5) is 11.9 Å². The van der Waals surface area contributed by atoms with Crippen LogP contribution >= 0.6 is 0 Å². The van der Waals surface area contributed by atoms with Crippen molar-refractivity contribution in [3.8, 4) is 5.75 Å². The number of aromatic nitrogens is 8. The maximum Gasteiger partial charge on any atom is 0.276 e. The quantitative estimate of drug-likeness (QED) is 0.0181. The summed E-state index contributed by atoms with van der Waals surface area (Å²) in [5.74, 6) is -2.90. The van der Waals surface area contributed by atoms with Crippen LogP contribution in [-0.2, 0) is 87.8 Å². The summed E-state index contributed by atoms with van der Waals surface area (Å²) in [7, 11) is 0. The van der Waals surface area contributed by atoms with Crippen LogP contribution in [0, 0.1) is 13.8 Å². The molecule has 0 aliphatic carbocycles. The highest BCUT2D eigenvalue weighted by molar-refractivity contribution is 6.14. The Morgan fingerprint density at radius 3 is 1.57 bits per heavy atom. The van der Waals surface area contributed by atoms with E-state index < -0.39 is 41.4 Å². The SMILES string of the molecule is CCn1nc(C)cc1C(=O)Nc1nc2c(C/C=C/Cn3c(NC(=O)c4cc(C)nn4CC)nc4cc(C(N)=O)ccc43)c(C(N)=O)cc(OCCCN3CCN(CCOCCOCCOCCOCCOCCOCCOCCOCCOCCOCCNC(=O)CN4C(=O)C=CC4=O)CC3)c2[nH]1. The third-order valence-corrected chi connectivity index (χ3v) is 16.2. The second-order valence-corrected chi connectivity index (χ2v) is 23.7. The number of H-pyrrole nitrogens is 1. The summed E-state index contributed by atoms with van der Waals surface area (Å²) >= 11 is 0. The molecule has 2 aliphatic rings. The summed E-state index contributed by atoms with van der Waals surface area (Å²) in [5.41, 5.74) is 16.6. The van der Waals surface area contributed by atoms with Gasteiger partial charge < -0.3 is 83.3 Å². The van der Waals surface area contributed by atoms with Crippen LogP contribution < -0.4 is 32.2 Å². The minimum absolute atomic E-state index is 0.133. The number of benzene rings is 2. The first-order valence-corrected chi connectivity index (χ1v) is 34.8. The smallest absolute Gasteiger partial charge is 0.276 e. The molecule has 34 heteroatoms. The second-order valence-electron chi connectivity index (χ2n) is 23.7. The highest BCUT2D eigenvalue weighted by Gasteiger charge is 2.27. The molecule has 6 aromatic rings. The number of nitrogens with one attached hydrogen (secondary N) is 4. The third-order valence-electron chi connectivity index (χ3n) is 16.2. The molecule has 0 radical (unpaired) electrons. The summed E-state index contributed by atoms with van der Waals surface area (Å²) in [5, 5.41) is 17.2. The van der Waals surface area contributed by atoms with E-state index in [-0.39, 0.29) is 55.7 Å². The minimum Gasteiger partial charge on any atom is -0.491 e. The Bertz CT molecular complexity index is 3760. The Morgan fingerprint density at radius 1 is 0.573 bits per heavy atom. The Hall–Kier alpha value is -8.91. The lowest BCUT2D eigenvalue weighted by atomic mass is 10.0. The van der Waals surface area contributed by atoms with E-state index in [2.05, 4.69) is 45.9 Å². The lowest BCUT2D eigenvalue weighted by Gasteiger charge is -2.34. The Labute approximate surface area is 597 Å². The molecule has 34 nitrogen and oxygen atoms in total. The summed E-state index contributed by atoms with van der Waals surface area (Å²) in [6.07, 6.45) is 6.84. The summed E-state index contributed by atoms with van der Waals surface area (Å²) in [6.45, 7) is 22.6. The number of imide groups is 1. The van der Waals surface area contributed by atoms with E-state index in [1.165, 1.54) is 0 Å². The lowest BCUT2D eigenvalue weighted by molar-refractivity contribution is -0.141. The van der Waals surface area contributed by atoms with Gasteiger partial charge in [0.2, 0.25) is 29.6 Å². The number of fused-ring (bicyclic) bond motifs is 2. The molecule has 6 heterocycles. The van der Waals surface area contributed by atoms with Crippen LogP contribution in [0.15, 0.2) is 60.7 Å². The largest absolute Gasteiger partial charge is 0.491 e. The number of primary amides is 2. The minimum atomic E-state index is -0.696. The number of allylic oxidation sites excluding steroid dienone is 2. The van der Waals surface area contributed by atoms with Crippen molar-refractivity contribution in [3.63, 3.8) is 0 Å². The number of carbonyl (C=O) groups excluding carboxylic acids is 7. The molecule has 0 saturated carbocycles. The molecule has 0 bridgehead atoms. The van der Waals surface area contributed by atoms with Crippen molar-refractivity contribution in [3.05, 3.63) is 100 Å². The van der Waals surface area contributed by atoms with Crippen LogP contribution in [0.25, 0.3) is 22.1 Å². The van der Waals surface area contributed by atoms with Crippen LogP contribution in [0.3, 0.4) is 0 Å². The first-order valence-electron chi connectivity index (χ1n) is 34.8. The fourth-order valence-electron chi connectivity index (χ4n) is 11.0. The van der Waals surface area contributed by atoms with Crippen LogP contribution in [-0.4, -0.2) is 286 Å². The molecule has 1 fully saturated rings. The average molecular weight is 1440 g/mol. The molecule has 7 amide bonds. The summed E-state index contributed by atoms with van der Waals surface area (Å²) in [6, 6.07) is 9.88. The van der Waals surface area contributed by atoms with E-state index in [0.29, 0.717) is 208 Å². The molecular weight excluding hydrogens is 1340 g/mol. The number of hydrogen-bond donors (Lipinski definition) is 6. The van der Waals surface area contributed by atoms with Gasteiger partial charge in [-0.2, -0.15) is 10.2 Å². The number of anilines is 2. The number of carbonyl (C=O) groups is 7. The van der Waals surface area contributed by atoms with Gasteiger partial charge in [-0.15, -0.1) is 0 Å². The number of nitrogens with two attached hydrogens (primary N) is 2. The highest BCUT2D eigenvalue weighted by atomic mass is 16.6. The molecule has 8 N–H and O–H groups in total. The highest BCUT2D eigenvalue weighted by Crippen LogP contribution is 2.33. The monoisotopic (exact) mass is 1440 g/mol. The first kappa shape index (κ1) is 79.8. The third kappa shape index (κ3) is 25.8. The number of amides is 7. The maximum absolute atomic E-state index is 13.7. The standard InChI is InChI=1S/C69H98N16O18/c1-5-84-56(44-49(3)78-84)66(91)76-68-74-62-52(10-7-8-17-82-55-12-11-51(64(70)89)46-54(55)73-69(82)77-67(92)57-45-50(4)79-85(57)6-2)53(65(71)90)47-58(63(62)75-68)103-23-9-16-80-18-20-81(21-19-80)22-25-94-27-29-96-31-33-98-35-37-100-39-41-102-43-42-101-40-38-99-36-34-97-32-30-95-28-26-93-24-15-72-59(86)48-83-60(87)13-14-61(83)88/h7-8,11-14,44-47H,5-6,9-10,15-43,48H2,1-4H3,(H2,70,89)(H2,71,90)(H,72,86)(H,73,77,92)(H2,74,75,76,91)/b8-7+. The van der Waals surface area contributed by atoms with E-state index in [4.69, 9.17) is 68.6 Å². The zero-order valence-electron chi connectivity index (χ0n) is 59.3. The van der Waals surface area contributed by atoms with Crippen molar-refractivity contribution in [2.45, 2.75) is 60.2 Å². The Balaban J connectivity index is 0.643. The Kier molecular flexibility index (Phi) is 33.5. The molecule has 0 unspecified atom stereocenters. The van der Waals surface area contributed by atoms with Gasteiger partial charge in [0.05, 0.1) is 167 Å². The van der Waals surface area contributed by atoms with Gasteiger partial charge in [0.15, 0.2) is 0 Å². The average Bonchev–Trinajstić information content (AvgIpc) is 1.65. The molecule has 1 saturated heterocycles. The fraction of sp³-hybridized carbons (Fsp3) is 0.551. The number of imidazole rings is 2. The van der Waals surface area contributed by atoms with Gasteiger partial charge in [-0.1, -0.05) is 12.2 Å². The predicted molar refractivity (Wildman–Crippen MR) is 377 cm³/mol. The first-order chi connectivity index (χ1) is 50.1. The molecule has 2 aromatic carbocycles. The van der Waals surface area contributed by atoms with Crippen molar-refractivity contribution < 1.29 is 85.7 Å². The summed E-state index contributed by atoms with van der Waals surface area (Å²) < 4.78 is 67.1. The molecule has 562 valence electrons. The van der Waals surface area contributed by atoms with Crippen molar-refractivity contribution in [1.29, 1.82) is 0 Å². The number of ether oxygens (including phenoxy) is 11. The number of rotatable bonds is 52. The number of nitrogens with zero attached hydrogens (tertiary/aromatic N) is 10. The number of hydrogen-bond acceptors (Lipinski definition) is 24. The van der Waals surface area contributed by atoms with Crippen molar-refractivity contribution in [1.82, 2.24) is 59.1 Å². The zero-order valence-corrected chi connectivity index (χ0v) is 59.3. The van der Waals surface area contributed by atoms with Crippen LogP contribution in [0.5, 0.6) is 5.75 Å². The van der Waals surface area contributed by atoms with Crippen molar-refractivity contribution in [2.24, 2.45) is 11.5 Å². The van der Waals surface area contributed by atoms with E-state index in [0.717, 1.165) is 56.3 Å². The zero-order chi connectivity index (χ0) is 73.1. The van der Waals surface area contributed by atoms with E-state index >= 15 is 0 Å². The van der Waals surface area contributed by atoms with Gasteiger partial charge in [0.25, 0.3) is 23.6 Å². The molecule has 103 heavy (non-hydrogen) atoms. The Morgan fingerprint density at radius 2 is 1.07 bits per heavy atom. The molecule has 0 spiro atoms. The normalized spacial score (nSPS) is 13.6. The molecular formula is C69H98N16O18. The molecule has 8 rings (SSSR count). The number of aryl methyl sites for hydroxylation is 4. The number of piperazine rings is 1.